The van der Waals surface area contributed by atoms with Gasteiger partial charge in [0, 0.05) is 26.2 Å². The standard InChI is InChI=1S/C34H32F3N3O2/c35-27-11-5-24(6-12-27)23-40-31-4-2-1-3-30(31)38-33(40)34(41)17-19-39(20-18-34)21-22-42-32(25-7-13-28(36)14-8-25)26-9-15-29(37)16-10-26/h1-16,32,41H,17-23H2. The first-order chi connectivity index (χ1) is 20.4. The van der Waals surface area contributed by atoms with Crippen LogP contribution in [-0.2, 0) is 16.9 Å². The predicted octanol–water partition coefficient (Wildman–Crippen LogP) is 6.59. The second-order valence-electron chi connectivity index (χ2n) is 10.9. The van der Waals surface area contributed by atoms with Crippen molar-refractivity contribution < 1.29 is 23.0 Å². The molecule has 6 rings (SSSR count). The maximum absolute atomic E-state index is 13.6. The lowest BCUT2D eigenvalue weighted by Crippen LogP contribution is -2.45. The van der Waals surface area contributed by atoms with Gasteiger partial charge in [-0.2, -0.15) is 0 Å². The van der Waals surface area contributed by atoms with Crippen LogP contribution in [-0.4, -0.2) is 45.8 Å². The van der Waals surface area contributed by atoms with E-state index < -0.39 is 11.7 Å². The second kappa shape index (κ2) is 12.1. The number of rotatable bonds is 9. The molecule has 0 radical (unpaired) electrons. The number of imidazole rings is 1. The Bertz CT molecular complexity index is 1580. The van der Waals surface area contributed by atoms with Crippen molar-refractivity contribution in [2.75, 3.05) is 26.2 Å². The van der Waals surface area contributed by atoms with Gasteiger partial charge in [-0.3, -0.25) is 0 Å². The van der Waals surface area contributed by atoms with Gasteiger partial charge >= 0.3 is 0 Å². The molecule has 1 aliphatic heterocycles. The summed E-state index contributed by atoms with van der Waals surface area (Å²) in [6, 6.07) is 26.5. The van der Waals surface area contributed by atoms with Gasteiger partial charge in [0.15, 0.2) is 0 Å². The van der Waals surface area contributed by atoms with Gasteiger partial charge in [0.25, 0.3) is 0 Å². The lowest BCUT2D eigenvalue weighted by molar-refractivity contribution is -0.0417. The Hall–Kier alpha value is -3.98. The van der Waals surface area contributed by atoms with E-state index in [-0.39, 0.29) is 17.5 Å². The quantitative estimate of drug-likeness (QED) is 0.217. The SMILES string of the molecule is OC1(c2nc3ccccc3n2Cc2ccc(F)cc2)CCN(CCOC(c2ccc(F)cc2)c2ccc(F)cc2)CC1. The van der Waals surface area contributed by atoms with Crippen molar-refractivity contribution in [2.45, 2.75) is 31.1 Å². The molecular weight excluding hydrogens is 539 g/mol. The number of likely N-dealkylation sites (tertiary alicyclic amines) is 1. The number of para-hydroxylation sites is 2. The first-order valence-electron chi connectivity index (χ1n) is 14.2. The Morgan fingerprint density at radius 2 is 1.31 bits per heavy atom. The molecule has 0 saturated carbocycles. The Labute approximate surface area is 242 Å². The minimum absolute atomic E-state index is 0.286. The molecule has 0 atom stereocenters. The molecule has 1 aromatic heterocycles. The number of ether oxygens (including phenoxy) is 1. The van der Waals surface area contributed by atoms with Crippen LogP contribution >= 0.6 is 0 Å². The van der Waals surface area contributed by atoms with Crippen LogP contribution in [0, 0.1) is 17.5 Å². The number of piperidine rings is 1. The molecule has 0 amide bonds. The minimum Gasteiger partial charge on any atom is -0.382 e. The highest BCUT2D eigenvalue weighted by Crippen LogP contribution is 2.35. The van der Waals surface area contributed by atoms with E-state index in [2.05, 4.69) is 4.90 Å². The van der Waals surface area contributed by atoms with E-state index in [0.717, 1.165) is 27.7 Å². The summed E-state index contributed by atoms with van der Waals surface area (Å²) in [5.74, 6) is -0.324. The topological polar surface area (TPSA) is 50.5 Å². The summed E-state index contributed by atoms with van der Waals surface area (Å²) >= 11 is 0. The zero-order valence-electron chi connectivity index (χ0n) is 23.1. The summed E-state index contributed by atoms with van der Waals surface area (Å²) in [5.41, 5.74) is 3.13. The zero-order valence-corrected chi connectivity index (χ0v) is 23.1. The Morgan fingerprint density at radius 1 is 0.762 bits per heavy atom. The van der Waals surface area contributed by atoms with Crippen molar-refractivity contribution in [3.8, 4) is 0 Å². The van der Waals surface area contributed by atoms with Crippen molar-refractivity contribution >= 4 is 11.0 Å². The van der Waals surface area contributed by atoms with Crippen LogP contribution in [0.5, 0.6) is 0 Å². The highest BCUT2D eigenvalue weighted by molar-refractivity contribution is 5.76. The number of hydrogen-bond donors (Lipinski definition) is 1. The fourth-order valence-corrected chi connectivity index (χ4v) is 5.69. The first kappa shape index (κ1) is 28.2. The molecule has 5 nitrogen and oxygen atoms in total. The number of benzene rings is 4. The summed E-state index contributed by atoms with van der Waals surface area (Å²) in [7, 11) is 0. The molecule has 1 aliphatic rings. The van der Waals surface area contributed by atoms with Gasteiger partial charge in [-0.05, 0) is 78.1 Å². The second-order valence-corrected chi connectivity index (χ2v) is 10.9. The lowest BCUT2D eigenvalue weighted by Gasteiger charge is -2.38. The molecular formula is C34H32F3N3O2. The largest absolute Gasteiger partial charge is 0.382 e. The molecule has 42 heavy (non-hydrogen) atoms. The number of nitrogens with zero attached hydrogens (tertiary/aromatic N) is 3. The van der Waals surface area contributed by atoms with E-state index in [1.54, 1.807) is 36.4 Å². The van der Waals surface area contributed by atoms with Crippen LogP contribution in [0.3, 0.4) is 0 Å². The summed E-state index contributed by atoms with van der Waals surface area (Å²) in [6.45, 7) is 2.82. The van der Waals surface area contributed by atoms with Gasteiger partial charge in [0.1, 0.15) is 35.0 Å². The van der Waals surface area contributed by atoms with E-state index in [1.165, 1.54) is 36.4 Å². The van der Waals surface area contributed by atoms with Crippen LogP contribution in [0.4, 0.5) is 13.2 Å². The van der Waals surface area contributed by atoms with Gasteiger partial charge in [-0.1, -0.05) is 48.5 Å². The molecule has 1 N–H and O–H groups in total. The van der Waals surface area contributed by atoms with E-state index in [9.17, 15) is 18.3 Å². The molecule has 0 unspecified atom stereocenters. The van der Waals surface area contributed by atoms with Crippen molar-refractivity contribution in [2.24, 2.45) is 0 Å². The van der Waals surface area contributed by atoms with Crippen molar-refractivity contribution in [3.63, 3.8) is 0 Å². The smallest absolute Gasteiger partial charge is 0.142 e. The highest BCUT2D eigenvalue weighted by Gasteiger charge is 2.38. The normalized spacial score (nSPS) is 15.5. The molecule has 0 aliphatic carbocycles. The molecule has 5 aromatic rings. The third-order valence-corrected chi connectivity index (χ3v) is 8.05. The molecule has 0 bridgehead atoms. The van der Waals surface area contributed by atoms with Gasteiger partial charge in [0.05, 0.1) is 17.6 Å². The lowest BCUT2D eigenvalue weighted by atomic mass is 9.90. The van der Waals surface area contributed by atoms with Crippen molar-refractivity contribution in [1.82, 2.24) is 14.5 Å². The molecule has 216 valence electrons. The van der Waals surface area contributed by atoms with E-state index in [0.29, 0.717) is 51.5 Å². The molecule has 0 spiro atoms. The number of halogens is 3. The molecule has 1 saturated heterocycles. The van der Waals surface area contributed by atoms with Crippen LogP contribution in [0.25, 0.3) is 11.0 Å². The number of fused-ring (bicyclic) bond motifs is 1. The van der Waals surface area contributed by atoms with Gasteiger partial charge in [0.2, 0.25) is 0 Å². The predicted molar refractivity (Wildman–Crippen MR) is 155 cm³/mol. The minimum atomic E-state index is -1.11. The molecule has 8 heteroatoms. The van der Waals surface area contributed by atoms with Gasteiger partial charge in [-0.25, -0.2) is 18.2 Å². The monoisotopic (exact) mass is 571 g/mol. The van der Waals surface area contributed by atoms with Crippen molar-refractivity contribution in [1.29, 1.82) is 0 Å². The van der Waals surface area contributed by atoms with Gasteiger partial charge in [-0.15, -0.1) is 0 Å². The fraction of sp³-hybridized carbons (Fsp3) is 0.265. The maximum Gasteiger partial charge on any atom is 0.142 e. The summed E-state index contributed by atoms with van der Waals surface area (Å²) in [5, 5.41) is 11.9. The number of aromatic nitrogens is 2. The summed E-state index contributed by atoms with van der Waals surface area (Å²) in [6.07, 6.45) is 0.539. The van der Waals surface area contributed by atoms with E-state index in [4.69, 9.17) is 9.72 Å². The van der Waals surface area contributed by atoms with Crippen LogP contribution < -0.4 is 0 Å². The molecule has 2 heterocycles. The first-order valence-corrected chi connectivity index (χ1v) is 14.2. The Balaban J connectivity index is 1.13. The van der Waals surface area contributed by atoms with Crippen LogP contribution in [0.15, 0.2) is 97.1 Å². The van der Waals surface area contributed by atoms with E-state index in [1.807, 2.05) is 28.8 Å². The van der Waals surface area contributed by atoms with E-state index >= 15 is 0 Å². The highest BCUT2D eigenvalue weighted by atomic mass is 19.1. The fourth-order valence-electron chi connectivity index (χ4n) is 5.69. The van der Waals surface area contributed by atoms with Crippen LogP contribution in [0.1, 0.15) is 41.5 Å². The Morgan fingerprint density at radius 3 is 1.90 bits per heavy atom. The zero-order chi connectivity index (χ0) is 29.1. The average molecular weight is 572 g/mol. The number of hydrogen-bond acceptors (Lipinski definition) is 4. The Kier molecular flexibility index (Phi) is 8.11. The van der Waals surface area contributed by atoms with Gasteiger partial charge < -0.3 is 19.3 Å². The molecule has 1 fully saturated rings. The third-order valence-electron chi connectivity index (χ3n) is 8.05. The summed E-state index contributed by atoms with van der Waals surface area (Å²) in [4.78, 5) is 7.10. The maximum atomic E-state index is 13.6. The summed E-state index contributed by atoms with van der Waals surface area (Å²) < 4.78 is 48.9. The third kappa shape index (κ3) is 6.11. The average Bonchev–Trinajstić information content (AvgIpc) is 3.38. The number of aliphatic hydroxyl groups is 1. The van der Waals surface area contributed by atoms with Crippen molar-refractivity contribution in [3.05, 3.63) is 137 Å². The molecule has 4 aromatic carbocycles. The van der Waals surface area contributed by atoms with Crippen LogP contribution in [0.2, 0.25) is 0 Å².